The van der Waals surface area contributed by atoms with Crippen molar-refractivity contribution >= 4 is 6.21 Å². The van der Waals surface area contributed by atoms with Crippen molar-refractivity contribution in [2.75, 3.05) is 27.2 Å². The van der Waals surface area contributed by atoms with E-state index < -0.39 is 0 Å². The number of phenols is 2. The molecule has 23 heavy (non-hydrogen) atoms. The van der Waals surface area contributed by atoms with E-state index in [-0.39, 0.29) is 5.75 Å². The molecule has 0 fully saturated rings. The fourth-order valence-corrected chi connectivity index (χ4v) is 2.17. The molecule has 0 unspecified atom stereocenters. The van der Waals surface area contributed by atoms with Crippen LogP contribution < -0.4 is 4.74 Å². The molecule has 0 amide bonds. The largest absolute Gasteiger partial charge is 0.508 e. The van der Waals surface area contributed by atoms with Crippen LogP contribution >= 0.6 is 0 Å². The predicted octanol–water partition coefficient (Wildman–Crippen LogP) is 2.66. The van der Waals surface area contributed by atoms with Crippen LogP contribution in [0.25, 0.3) is 0 Å². The van der Waals surface area contributed by atoms with Gasteiger partial charge in [0.05, 0.1) is 13.7 Å². The minimum Gasteiger partial charge on any atom is -0.508 e. The average molecular weight is 314 g/mol. The van der Waals surface area contributed by atoms with Gasteiger partial charge in [0.2, 0.25) is 0 Å². The Hall–Kier alpha value is -2.53. The van der Waals surface area contributed by atoms with Crippen LogP contribution in [0, 0.1) is 0 Å². The Morgan fingerprint density at radius 3 is 2.61 bits per heavy atom. The third kappa shape index (κ3) is 5.00. The number of aliphatic imine (C=N–C) groups is 1. The lowest BCUT2D eigenvalue weighted by Gasteiger charge is -2.16. The number of nitrogens with zero attached hydrogens (tertiary/aromatic N) is 2. The van der Waals surface area contributed by atoms with Crippen LogP contribution in [0.1, 0.15) is 11.1 Å². The Kier molecular flexibility index (Phi) is 6.00. The van der Waals surface area contributed by atoms with Gasteiger partial charge >= 0.3 is 0 Å². The van der Waals surface area contributed by atoms with E-state index >= 15 is 0 Å². The molecule has 0 bridgehead atoms. The van der Waals surface area contributed by atoms with E-state index in [0.717, 1.165) is 12.1 Å². The minimum atomic E-state index is 0.149. The van der Waals surface area contributed by atoms with Crippen molar-refractivity contribution in [1.82, 2.24) is 4.90 Å². The first kappa shape index (κ1) is 16.8. The molecule has 0 aliphatic carbocycles. The van der Waals surface area contributed by atoms with Crippen LogP contribution in [-0.2, 0) is 6.54 Å². The molecule has 0 atom stereocenters. The Bertz CT molecular complexity index is 671. The van der Waals surface area contributed by atoms with Gasteiger partial charge in [-0.3, -0.25) is 4.99 Å². The van der Waals surface area contributed by atoms with Crippen LogP contribution in [0.2, 0.25) is 0 Å². The van der Waals surface area contributed by atoms with E-state index in [0.29, 0.717) is 30.2 Å². The maximum Gasteiger partial charge on any atom is 0.128 e. The van der Waals surface area contributed by atoms with Gasteiger partial charge in [-0.25, -0.2) is 0 Å². The molecule has 2 aromatic carbocycles. The van der Waals surface area contributed by atoms with Gasteiger partial charge in [-0.15, -0.1) is 0 Å². The first-order chi connectivity index (χ1) is 11.1. The lowest BCUT2D eigenvalue weighted by atomic mass is 10.2. The molecule has 2 N–H and O–H groups in total. The molecule has 5 nitrogen and oxygen atoms in total. The smallest absolute Gasteiger partial charge is 0.128 e. The lowest BCUT2D eigenvalue weighted by molar-refractivity contribution is 0.329. The molecule has 0 spiro atoms. The first-order valence-electron chi connectivity index (χ1n) is 7.42. The third-order valence-corrected chi connectivity index (χ3v) is 3.51. The number of hydrogen-bond donors (Lipinski definition) is 2. The summed E-state index contributed by atoms with van der Waals surface area (Å²) >= 11 is 0. The molecule has 122 valence electrons. The maximum absolute atomic E-state index is 9.85. The summed E-state index contributed by atoms with van der Waals surface area (Å²) in [5.74, 6) is 1.07. The number of likely N-dealkylation sites (N-methyl/N-ethyl adjacent to an activating group) is 1. The van der Waals surface area contributed by atoms with E-state index in [1.807, 2.05) is 25.2 Å². The summed E-state index contributed by atoms with van der Waals surface area (Å²) in [5, 5.41) is 19.6. The molecular formula is C18H22N2O3. The molecule has 0 aromatic heterocycles. The van der Waals surface area contributed by atoms with Gasteiger partial charge < -0.3 is 19.8 Å². The van der Waals surface area contributed by atoms with Crippen LogP contribution in [0.4, 0.5) is 0 Å². The van der Waals surface area contributed by atoms with Crippen molar-refractivity contribution in [1.29, 1.82) is 0 Å². The fraction of sp³-hybridized carbons (Fsp3) is 0.278. The molecule has 5 heteroatoms. The highest BCUT2D eigenvalue weighted by Crippen LogP contribution is 2.21. The highest BCUT2D eigenvalue weighted by atomic mass is 16.5. The zero-order valence-electron chi connectivity index (χ0n) is 13.4. The third-order valence-electron chi connectivity index (χ3n) is 3.51. The predicted molar refractivity (Wildman–Crippen MR) is 91.6 cm³/mol. The van der Waals surface area contributed by atoms with Crippen LogP contribution in [-0.4, -0.2) is 48.6 Å². The van der Waals surface area contributed by atoms with E-state index in [1.165, 1.54) is 0 Å². The van der Waals surface area contributed by atoms with Crippen LogP contribution in [0.15, 0.2) is 47.5 Å². The number of hydrogen-bond acceptors (Lipinski definition) is 5. The molecule has 2 aromatic rings. The summed E-state index contributed by atoms with van der Waals surface area (Å²) in [6, 6.07) is 12.4. The number of rotatable bonds is 7. The molecule has 2 rings (SSSR count). The number of phenolic OH excluding ortho intramolecular Hbond substituents is 2. The van der Waals surface area contributed by atoms with Gasteiger partial charge in [-0.05, 0) is 25.2 Å². The zero-order valence-corrected chi connectivity index (χ0v) is 13.4. The van der Waals surface area contributed by atoms with Crippen molar-refractivity contribution in [3.05, 3.63) is 53.6 Å². The van der Waals surface area contributed by atoms with Crippen molar-refractivity contribution in [3.63, 3.8) is 0 Å². The van der Waals surface area contributed by atoms with Crippen molar-refractivity contribution in [2.24, 2.45) is 4.99 Å². The number of aromatic hydroxyl groups is 2. The summed E-state index contributed by atoms with van der Waals surface area (Å²) in [7, 11) is 3.54. The number of benzene rings is 2. The van der Waals surface area contributed by atoms with Crippen molar-refractivity contribution in [3.8, 4) is 17.2 Å². The van der Waals surface area contributed by atoms with Gasteiger partial charge in [0.1, 0.15) is 17.2 Å². The van der Waals surface area contributed by atoms with Crippen molar-refractivity contribution < 1.29 is 14.9 Å². The van der Waals surface area contributed by atoms with Gasteiger partial charge in [-0.1, -0.05) is 18.2 Å². The second-order valence-electron chi connectivity index (χ2n) is 5.33. The van der Waals surface area contributed by atoms with Gasteiger partial charge in [0, 0.05) is 36.5 Å². The first-order valence-corrected chi connectivity index (χ1v) is 7.42. The molecule has 0 radical (unpaired) electrons. The Labute approximate surface area is 136 Å². The Morgan fingerprint density at radius 1 is 1.13 bits per heavy atom. The SMILES string of the molecule is COc1ccc(C=NCCN(C)Cc2ccccc2O)c(O)c1. The summed E-state index contributed by atoms with van der Waals surface area (Å²) in [4.78, 5) is 6.42. The molecule has 0 saturated heterocycles. The normalized spacial score (nSPS) is 11.3. The van der Waals surface area contributed by atoms with Gasteiger partial charge in [0.25, 0.3) is 0 Å². The van der Waals surface area contributed by atoms with E-state index in [4.69, 9.17) is 4.74 Å². The molecular weight excluding hydrogens is 292 g/mol. The lowest BCUT2D eigenvalue weighted by Crippen LogP contribution is -2.21. The molecule has 0 aliphatic rings. The topological polar surface area (TPSA) is 65.3 Å². The number of para-hydroxylation sites is 1. The minimum absolute atomic E-state index is 0.149. The van der Waals surface area contributed by atoms with Gasteiger partial charge in [0.15, 0.2) is 0 Å². The Morgan fingerprint density at radius 2 is 1.91 bits per heavy atom. The summed E-state index contributed by atoms with van der Waals surface area (Å²) in [6.45, 7) is 2.02. The molecule has 0 saturated carbocycles. The highest BCUT2D eigenvalue weighted by Gasteiger charge is 2.04. The summed E-state index contributed by atoms with van der Waals surface area (Å²) in [5.41, 5.74) is 1.56. The summed E-state index contributed by atoms with van der Waals surface area (Å²) in [6.07, 6.45) is 1.66. The zero-order chi connectivity index (χ0) is 16.7. The van der Waals surface area contributed by atoms with Gasteiger partial charge in [-0.2, -0.15) is 0 Å². The van der Waals surface area contributed by atoms with Crippen LogP contribution in [0.3, 0.4) is 0 Å². The highest BCUT2D eigenvalue weighted by molar-refractivity contribution is 5.83. The van der Waals surface area contributed by atoms with E-state index in [2.05, 4.69) is 9.89 Å². The summed E-state index contributed by atoms with van der Waals surface area (Å²) < 4.78 is 5.04. The average Bonchev–Trinajstić information content (AvgIpc) is 2.55. The second-order valence-corrected chi connectivity index (χ2v) is 5.33. The second kappa shape index (κ2) is 8.19. The number of ether oxygens (including phenoxy) is 1. The van der Waals surface area contributed by atoms with Crippen LogP contribution in [0.5, 0.6) is 17.2 Å². The fourth-order valence-electron chi connectivity index (χ4n) is 2.17. The molecule has 0 aliphatic heterocycles. The quantitative estimate of drug-likeness (QED) is 0.771. The van der Waals surface area contributed by atoms with Crippen molar-refractivity contribution in [2.45, 2.75) is 6.54 Å². The Balaban J connectivity index is 1.83. The monoisotopic (exact) mass is 314 g/mol. The standard InChI is InChI=1S/C18H22N2O3/c1-20(13-15-5-3-4-6-17(15)21)10-9-19-12-14-7-8-16(23-2)11-18(14)22/h3-8,11-12,21-22H,9-10,13H2,1-2H3. The van der Waals surface area contributed by atoms with E-state index in [1.54, 1.807) is 37.6 Å². The number of methoxy groups -OCH3 is 1. The van der Waals surface area contributed by atoms with E-state index in [9.17, 15) is 10.2 Å². The maximum atomic E-state index is 9.85. The molecule has 0 heterocycles.